The lowest BCUT2D eigenvalue weighted by molar-refractivity contribution is -0.139. The van der Waals surface area contributed by atoms with Gasteiger partial charge in [0.1, 0.15) is 0 Å². The molecule has 24 heavy (non-hydrogen) atoms. The Morgan fingerprint density at radius 2 is 2.17 bits per heavy atom. The van der Waals surface area contributed by atoms with Crippen LogP contribution in [0.3, 0.4) is 0 Å². The van der Waals surface area contributed by atoms with E-state index in [2.05, 4.69) is 6.92 Å². The molecule has 1 N–H and O–H groups in total. The first kappa shape index (κ1) is 16.6. The highest BCUT2D eigenvalue weighted by atomic mass is 16.4. The van der Waals surface area contributed by atoms with Crippen molar-refractivity contribution in [3.05, 3.63) is 47.0 Å². The molecule has 0 fully saturated rings. The van der Waals surface area contributed by atoms with Crippen molar-refractivity contribution in [3.8, 4) is 0 Å². The van der Waals surface area contributed by atoms with Crippen LogP contribution >= 0.6 is 0 Å². The molecule has 1 atom stereocenters. The van der Waals surface area contributed by atoms with E-state index in [-0.39, 0.29) is 5.78 Å². The van der Waals surface area contributed by atoms with Crippen molar-refractivity contribution in [1.82, 2.24) is 9.13 Å². The molecular formula is C19H24N2O3. The smallest absolute Gasteiger partial charge is 0.312 e. The molecule has 3 heterocycles. The van der Waals surface area contributed by atoms with E-state index in [1.807, 2.05) is 40.5 Å². The molecule has 1 unspecified atom stereocenters. The van der Waals surface area contributed by atoms with Gasteiger partial charge in [0, 0.05) is 25.0 Å². The average Bonchev–Trinajstić information content (AvgIpc) is 3.14. The molecule has 0 amide bonds. The average molecular weight is 328 g/mol. The fourth-order valence-corrected chi connectivity index (χ4v) is 3.66. The van der Waals surface area contributed by atoms with Crippen LogP contribution in [0.2, 0.25) is 0 Å². The van der Waals surface area contributed by atoms with E-state index in [0.29, 0.717) is 24.4 Å². The maximum absolute atomic E-state index is 13.1. The Bertz CT molecular complexity index is 770. The number of carbonyl (C=O) groups excluding carboxylic acids is 1. The number of aryl methyl sites for hydroxylation is 2. The summed E-state index contributed by atoms with van der Waals surface area (Å²) in [5.74, 6) is -1.32. The van der Waals surface area contributed by atoms with Crippen molar-refractivity contribution in [2.45, 2.75) is 58.5 Å². The number of carboxylic acid groups (broad SMARTS) is 1. The Balaban J connectivity index is 2.00. The number of nitrogens with zero attached hydrogens (tertiary/aromatic N) is 2. The number of unbranched alkanes of at least 4 members (excludes halogenated alkanes) is 1. The highest BCUT2D eigenvalue weighted by molar-refractivity contribution is 6.08. The van der Waals surface area contributed by atoms with Crippen LogP contribution in [0.4, 0.5) is 0 Å². The number of rotatable bonds is 6. The first-order chi connectivity index (χ1) is 11.5. The van der Waals surface area contributed by atoms with E-state index in [1.54, 1.807) is 0 Å². The molecule has 2 aromatic heterocycles. The second kappa shape index (κ2) is 6.67. The third kappa shape index (κ3) is 2.79. The van der Waals surface area contributed by atoms with Gasteiger partial charge in [0.15, 0.2) is 0 Å². The van der Waals surface area contributed by atoms with Gasteiger partial charge in [0.2, 0.25) is 5.78 Å². The van der Waals surface area contributed by atoms with Crippen molar-refractivity contribution >= 4 is 11.8 Å². The summed E-state index contributed by atoms with van der Waals surface area (Å²) in [4.78, 5) is 24.6. The summed E-state index contributed by atoms with van der Waals surface area (Å²) in [5.41, 5.74) is 2.96. The molecular weight excluding hydrogens is 304 g/mol. The molecule has 3 rings (SSSR count). The van der Waals surface area contributed by atoms with Crippen molar-refractivity contribution in [2.24, 2.45) is 0 Å². The lowest BCUT2D eigenvalue weighted by Crippen LogP contribution is -2.24. The first-order valence-corrected chi connectivity index (χ1v) is 8.67. The quantitative estimate of drug-likeness (QED) is 0.824. The largest absolute Gasteiger partial charge is 0.481 e. The van der Waals surface area contributed by atoms with Crippen molar-refractivity contribution in [3.63, 3.8) is 0 Å². The second-order valence-electron chi connectivity index (χ2n) is 6.56. The maximum Gasteiger partial charge on any atom is 0.312 e. The fraction of sp³-hybridized carbons (Fsp3) is 0.474. The minimum Gasteiger partial charge on any atom is -0.481 e. The number of hydrogen-bond donors (Lipinski definition) is 1. The molecule has 2 aromatic rings. The lowest BCUT2D eigenvalue weighted by Gasteiger charge is -2.23. The Morgan fingerprint density at radius 1 is 1.38 bits per heavy atom. The topological polar surface area (TPSA) is 64.2 Å². The van der Waals surface area contributed by atoms with Crippen LogP contribution in [0.5, 0.6) is 0 Å². The molecule has 0 saturated heterocycles. The zero-order chi connectivity index (χ0) is 17.3. The second-order valence-corrected chi connectivity index (χ2v) is 6.56. The van der Waals surface area contributed by atoms with Crippen molar-refractivity contribution in [1.29, 1.82) is 0 Å². The Labute approximate surface area is 141 Å². The van der Waals surface area contributed by atoms with E-state index in [9.17, 15) is 14.7 Å². The number of fused-ring (bicyclic) bond motifs is 1. The molecule has 0 bridgehead atoms. The van der Waals surface area contributed by atoms with Gasteiger partial charge in [-0.15, -0.1) is 0 Å². The SMILES string of the molecule is CCCCn1cccc1C(=O)c1c(C)cc2n1CCCC2C(=O)O. The number of hydrogen-bond acceptors (Lipinski definition) is 2. The van der Waals surface area contributed by atoms with Gasteiger partial charge < -0.3 is 14.2 Å². The lowest BCUT2D eigenvalue weighted by atomic mass is 9.96. The molecule has 5 heteroatoms. The highest BCUT2D eigenvalue weighted by Crippen LogP contribution is 2.32. The normalized spacial score (nSPS) is 16.8. The molecule has 0 aromatic carbocycles. The maximum atomic E-state index is 13.1. The number of carboxylic acids is 1. The van der Waals surface area contributed by atoms with Gasteiger partial charge in [-0.05, 0) is 49.9 Å². The summed E-state index contributed by atoms with van der Waals surface area (Å²) in [6.07, 6.45) is 5.47. The summed E-state index contributed by atoms with van der Waals surface area (Å²) >= 11 is 0. The molecule has 0 aliphatic carbocycles. The Kier molecular flexibility index (Phi) is 4.60. The highest BCUT2D eigenvalue weighted by Gasteiger charge is 2.31. The molecule has 1 aliphatic heterocycles. The zero-order valence-electron chi connectivity index (χ0n) is 14.3. The van der Waals surface area contributed by atoms with Gasteiger partial charge in [-0.1, -0.05) is 13.3 Å². The van der Waals surface area contributed by atoms with Crippen LogP contribution in [0.15, 0.2) is 24.4 Å². The van der Waals surface area contributed by atoms with Crippen LogP contribution in [-0.2, 0) is 17.9 Å². The predicted molar refractivity (Wildman–Crippen MR) is 91.6 cm³/mol. The van der Waals surface area contributed by atoms with E-state index in [1.165, 1.54) is 0 Å². The van der Waals surface area contributed by atoms with E-state index in [0.717, 1.165) is 37.1 Å². The minimum atomic E-state index is -0.807. The minimum absolute atomic E-state index is 0.00843. The van der Waals surface area contributed by atoms with E-state index in [4.69, 9.17) is 0 Å². The van der Waals surface area contributed by atoms with Gasteiger partial charge in [-0.3, -0.25) is 9.59 Å². The number of ketones is 1. The molecule has 0 spiro atoms. The van der Waals surface area contributed by atoms with Gasteiger partial charge in [-0.25, -0.2) is 0 Å². The number of aliphatic carboxylic acids is 1. The summed E-state index contributed by atoms with van der Waals surface area (Å²) < 4.78 is 3.93. The number of aromatic nitrogens is 2. The summed E-state index contributed by atoms with van der Waals surface area (Å²) in [6, 6.07) is 5.64. The zero-order valence-corrected chi connectivity index (χ0v) is 14.3. The Morgan fingerprint density at radius 3 is 2.88 bits per heavy atom. The molecule has 0 radical (unpaired) electrons. The van der Waals surface area contributed by atoms with Crippen LogP contribution in [-0.4, -0.2) is 26.0 Å². The van der Waals surface area contributed by atoms with Gasteiger partial charge in [0.25, 0.3) is 0 Å². The van der Waals surface area contributed by atoms with Gasteiger partial charge >= 0.3 is 5.97 Å². The van der Waals surface area contributed by atoms with E-state index < -0.39 is 11.9 Å². The molecule has 5 nitrogen and oxygen atoms in total. The number of carbonyl (C=O) groups is 2. The Hall–Kier alpha value is -2.30. The van der Waals surface area contributed by atoms with Crippen LogP contribution in [0.25, 0.3) is 0 Å². The third-order valence-corrected chi connectivity index (χ3v) is 4.88. The monoisotopic (exact) mass is 328 g/mol. The van der Waals surface area contributed by atoms with E-state index >= 15 is 0 Å². The van der Waals surface area contributed by atoms with Gasteiger partial charge in [0.05, 0.1) is 17.3 Å². The molecule has 0 saturated carbocycles. The van der Waals surface area contributed by atoms with Crippen molar-refractivity contribution in [2.75, 3.05) is 0 Å². The van der Waals surface area contributed by atoms with Crippen molar-refractivity contribution < 1.29 is 14.7 Å². The van der Waals surface area contributed by atoms with Crippen LogP contribution < -0.4 is 0 Å². The van der Waals surface area contributed by atoms with Gasteiger partial charge in [-0.2, -0.15) is 0 Å². The summed E-state index contributed by atoms with van der Waals surface area (Å²) in [7, 11) is 0. The molecule has 1 aliphatic rings. The third-order valence-electron chi connectivity index (χ3n) is 4.88. The predicted octanol–water partition coefficient (Wildman–Crippen LogP) is 3.59. The molecule has 128 valence electrons. The van der Waals surface area contributed by atoms with Crippen LogP contribution in [0, 0.1) is 6.92 Å². The first-order valence-electron chi connectivity index (χ1n) is 8.67. The standard InChI is InChI=1S/C19H24N2O3/c1-3-4-9-20-10-6-8-15(20)18(22)17-13(2)12-16-14(19(23)24)7-5-11-21(16)17/h6,8,10,12,14H,3-5,7,9,11H2,1-2H3,(H,23,24). The summed E-state index contributed by atoms with van der Waals surface area (Å²) in [6.45, 7) is 5.57. The fourth-order valence-electron chi connectivity index (χ4n) is 3.66. The van der Waals surface area contributed by atoms with Crippen LogP contribution in [0.1, 0.15) is 66.0 Å². The summed E-state index contributed by atoms with van der Waals surface area (Å²) in [5, 5.41) is 9.45.